The van der Waals surface area contributed by atoms with Crippen LogP contribution in [0.25, 0.3) is 27.5 Å². The summed E-state index contributed by atoms with van der Waals surface area (Å²) in [6.07, 6.45) is 0. The number of fused-ring (bicyclic) bond motifs is 3. The van der Waals surface area contributed by atoms with E-state index >= 15 is 0 Å². The van der Waals surface area contributed by atoms with Crippen LogP contribution in [0.3, 0.4) is 0 Å². The summed E-state index contributed by atoms with van der Waals surface area (Å²) in [5, 5.41) is 0.0575. The minimum absolute atomic E-state index is 0.0442. The van der Waals surface area contributed by atoms with E-state index in [2.05, 4.69) is 0 Å². The van der Waals surface area contributed by atoms with Gasteiger partial charge in [-0.25, -0.2) is 0 Å². The molecule has 1 heteroatoms. The van der Waals surface area contributed by atoms with Crippen molar-refractivity contribution >= 4 is 21.8 Å². The number of para-hydroxylation sites is 2. The third kappa shape index (κ3) is 1.50. The number of benzene rings is 3. The van der Waals surface area contributed by atoms with Gasteiger partial charge in [0.2, 0.25) is 0 Å². The van der Waals surface area contributed by atoms with Crippen molar-refractivity contribution < 1.29 is 16.4 Å². The summed E-state index contributed by atoms with van der Waals surface area (Å²) in [5.74, 6) is 0. The number of aryl methyl sites for hydroxylation is 1. The van der Waals surface area contributed by atoms with Gasteiger partial charge in [0.1, 0.15) is 0 Å². The van der Waals surface area contributed by atoms with E-state index in [9.17, 15) is 0 Å². The SMILES string of the molecule is [2H]c1c([2H])c([2H])c(-n2c3c([2H])c([2H])c([2H])c([2H])c3c3c(C)c([2H])c([2H])c([2H])c32)c([2H])c1[2H]. The molecule has 0 radical (unpaired) electrons. The zero-order valence-corrected chi connectivity index (χ0v) is 10.4. The highest BCUT2D eigenvalue weighted by Gasteiger charge is 2.12. The van der Waals surface area contributed by atoms with Gasteiger partial charge in [-0.15, -0.1) is 0 Å². The van der Waals surface area contributed by atoms with Crippen LogP contribution in [0.4, 0.5) is 0 Å². The number of aromatic nitrogens is 1. The summed E-state index contributed by atoms with van der Waals surface area (Å²) in [5.41, 5.74) is -0.525. The molecule has 1 nitrogen and oxygen atoms in total. The number of hydrogen-bond acceptors (Lipinski definition) is 0. The standard InChI is InChI=1S/C19H15N/c1-14-8-7-13-18-19(14)16-11-5-6-12-17(16)20(18)15-9-3-2-4-10-15/h2-13H,1H3/i2D,3D,4D,5D,6D,7D,8D,9D,10D,11D,12D,13D. The fourth-order valence-electron chi connectivity index (χ4n) is 2.31. The Labute approximate surface area is 134 Å². The lowest BCUT2D eigenvalue weighted by Crippen LogP contribution is -1.92. The first kappa shape index (κ1) is 4.49. The Morgan fingerprint density at radius 1 is 0.750 bits per heavy atom. The summed E-state index contributed by atoms with van der Waals surface area (Å²) in [6, 6.07) is -6.56. The van der Waals surface area contributed by atoms with Gasteiger partial charge in [-0.2, -0.15) is 0 Å². The van der Waals surface area contributed by atoms with E-state index in [1.807, 2.05) is 0 Å². The molecular weight excluding hydrogens is 242 g/mol. The van der Waals surface area contributed by atoms with Gasteiger partial charge in [0, 0.05) is 16.5 Å². The molecule has 0 aliphatic rings. The van der Waals surface area contributed by atoms with Crippen molar-refractivity contribution in [2.45, 2.75) is 6.92 Å². The Morgan fingerprint density at radius 3 is 2.30 bits per heavy atom. The third-order valence-electron chi connectivity index (χ3n) is 3.12. The second kappa shape index (κ2) is 4.24. The topological polar surface area (TPSA) is 4.93 Å². The van der Waals surface area contributed by atoms with Crippen LogP contribution in [-0.2, 0) is 0 Å². The molecular formula is C19H15N. The maximum absolute atomic E-state index is 8.49. The zero-order chi connectivity index (χ0) is 24.0. The summed E-state index contributed by atoms with van der Waals surface area (Å²) in [7, 11) is 0. The molecule has 0 unspecified atom stereocenters. The molecule has 0 aliphatic carbocycles. The van der Waals surface area contributed by atoms with E-state index in [0.29, 0.717) is 0 Å². The molecule has 4 aromatic rings. The van der Waals surface area contributed by atoms with Crippen molar-refractivity contribution in [1.29, 1.82) is 0 Å². The van der Waals surface area contributed by atoms with Gasteiger partial charge in [-0.3, -0.25) is 0 Å². The van der Waals surface area contributed by atoms with Crippen LogP contribution in [0.5, 0.6) is 0 Å². The van der Waals surface area contributed by atoms with E-state index < -0.39 is 72.2 Å². The maximum atomic E-state index is 8.49. The number of hydrogen-bond donors (Lipinski definition) is 0. The molecule has 1 heterocycles. The average Bonchev–Trinajstić information content (AvgIpc) is 3.12. The highest BCUT2D eigenvalue weighted by atomic mass is 15.0. The molecule has 20 heavy (non-hydrogen) atoms. The third-order valence-corrected chi connectivity index (χ3v) is 3.12. The average molecular weight is 269 g/mol. The second-order valence-corrected chi connectivity index (χ2v) is 4.26. The molecule has 0 fully saturated rings. The van der Waals surface area contributed by atoms with Gasteiger partial charge in [0.05, 0.1) is 27.5 Å². The highest BCUT2D eigenvalue weighted by Crippen LogP contribution is 2.33. The molecule has 0 amide bonds. The molecule has 3 aromatic carbocycles. The lowest BCUT2D eigenvalue weighted by Gasteiger charge is -2.07. The molecule has 0 saturated carbocycles. The first-order chi connectivity index (χ1) is 14.8. The van der Waals surface area contributed by atoms with Crippen molar-refractivity contribution in [2.24, 2.45) is 0 Å². The van der Waals surface area contributed by atoms with Gasteiger partial charge in [0.15, 0.2) is 0 Å². The highest BCUT2D eigenvalue weighted by molar-refractivity contribution is 6.10. The van der Waals surface area contributed by atoms with Gasteiger partial charge >= 0.3 is 0 Å². The summed E-state index contributed by atoms with van der Waals surface area (Å²) < 4.78 is 99.5. The van der Waals surface area contributed by atoms with Crippen LogP contribution in [0.2, 0.25) is 0 Å². The maximum Gasteiger partial charge on any atom is 0.0645 e. The van der Waals surface area contributed by atoms with Crippen molar-refractivity contribution in [3.8, 4) is 5.69 Å². The van der Waals surface area contributed by atoms with Crippen LogP contribution < -0.4 is 0 Å². The smallest absolute Gasteiger partial charge is 0.0645 e. The molecule has 0 bridgehead atoms. The van der Waals surface area contributed by atoms with Gasteiger partial charge < -0.3 is 4.57 Å². The predicted octanol–water partition coefficient (Wildman–Crippen LogP) is 5.09. The molecule has 0 spiro atoms. The Bertz CT molecular complexity index is 1400. The molecule has 0 atom stereocenters. The first-order valence-electron chi connectivity index (χ1n) is 11.9. The summed E-state index contributed by atoms with van der Waals surface area (Å²) in [4.78, 5) is 0. The summed E-state index contributed by atoms with van der Waals surface area (Å²) >= 11 is 0. The second-order valence-electron chi connectivity index (χ2n) is 4.26. The van der Waals surface area contributed by atoms with Crippen molar-refractivity contribution in [3.05, 3.63) is 78.1 Å². The first-order valence-corrected chi connectivity index (χ1v) is 5.92. The zero-order valence-electron chi connectivity index (χ0n) is 22.4. The Balaban J connectivity index is 2.50. The Kier molecular flexibility index (Phi) is 0.952. The molecule has 1 aromatic heterocycles. The Morgan fingerprint density at radius 2 is 1.45 bits per heavy atom. The van der Waals surface area contributed by atoms with E-state index in [0.717, 1.165) is 4.57 Å². The van der Waals surface area contributed by atoms with Crippen LogP contribution in [0, 0.1) is 6.92 Å². The lowest BCUT2D eigenvalue weighted by molar-refractivity contribution is 1.18. The van der Waals surface area contributed by atoms with Crippen LogP contribution in [-0.4, -0.2) is 4.57 Å². The molecule has 4 rings (SSSR count). The number of nitrogens with zero attached hydrogens (tertiary/aromatic N) is 1. The van der Waals surface area contributed by atoms with Crippen LogP contribution in [0.15, 0.2) is 72.5 Å². The van der Waals surface area contributed by atoms with E-state index in [-0.39, 0.29) is 33.4 Å². The fraction of sp³-hybridized carbons (Fsp3) is 0.0526. The van der Waals surface area contributed by atoms with Crippen LogP contribution in [0.1, 0.15) is 22.0 Å². The van der Waals surface area contributed by atoms with Gasteiger partial charge in [-0.1, -0.05) is 48.3 Å². The minimum atomic E-state index is -0.650. The van der Waals surface area contributed by atoms with Crippen molar-refractivity contribution in [1.82, 2.24) is 4.57 Å². The minimum Gasteiger partial charge on any atom is -0.309 e. The largest absolute Gasteiger partial charge is 0.309 e. The molecule has 96 valence electrons. The van der Waals surface area contributed by atoms with Crippen molar-refractivity contribution in [3.63, 3.8) is 0 Å². The monoisotopic (exact) mass is 269 g/mol. The lowest BCUT2D eigenvalue weighted by atomic mass is 10.1. The summed E-state index contributed by atoms with van der Waals surface area (Å²) in [6.45, 7) is 1.48. The molecule has 0 saturated heterocycles. The molecule has 0 N–H and O–H groups in total. The normalized spacial score (nSPS) is 19.6. The van der Waals surface area contributed by atoms with Gasteiger partial charge in [0.25, 0.3) is 0 Å². The predicted molar refractivity (Wildman–Crippen MR) is 85.5 cm³/mol. The number of rotatable bonds is 1. The molecule has 0 aliphatic heterocycles. The van der Waals surface area contributed by atoms with E-state index in [4.69, 9.17) is 16.4 Å². The Hall–Kier alpha value is -2.54. The fourth-order valence-corrected chi connectivity index (χ4v) is 2.31. The quantitative estimate of drug-likeness (QED) is 0.453. The van der Waals surface area contributed by atoms with E-state index in [1.54, 1.807) is 0 Å². The van der Waals surface area contributed by atoms with E-state index in [1.165, 1.54) is 6.92 Å². The van der Waals surface area contributed by atoms with Crippen molar-refractivity contribution in [2.75, 3.05) is 0 Å². The van der Waals surface area contributed by atoms with Crippen LogP contribution >= 0.6 is 0 Å². The van der Waals surface area contributed by atoms with Gasteiger partial charge in [-0.05, 0) is 36.7 Å².